The summed E-state index contributed by atoms with van der Waals surface area (Å²) in [5.41, 5.74) is 1.41. The van der Waals surface area contributed by atoms with Crippen LogP contribution in [0.5, 0.6) is 0 Å². The number of fused-ring (bicyclic) bond motifs is 1. The molecule has 5 heteroatoms. The van der Waals surface area contributed by atoms with Crippen LogP contribution in [-0.4, -0.2) is 17.7 Å². The highest BCUT2D eigenvalue weighted by Gasteiger charge is 2.38. The van der Waals surface area contributed by atoms with E-state index < -0.39 is 5.91 Å². The Hall–Kier alpha value is -2.95. The minimum atomic E-state index is -0.425. The molecule has 2 aromatic carbocycles. The third kappa shape index (κ3) is 2.08. The van der Waals surface area contributed by atoms with Crippen LogP contribution in [0, 0.1) is 0 Å². The Kier molecular flexibility index (Phi) is 3.02. The van der Waals surface area contributed by atoms with Crippen molar-refractivity contribution < 1.29 is 14.4 Å². The molecule has 0 atom stereocenters. The average molecular weight is 280 g/mol. The minimum Gasteiger partial charge on any atom is -0.326 e. The number of carbonyl (C=O) groups excluding carboxylic acids is 3. The van der Waals surface area contributed by atoms with Crippen LogP contribution in [0.4, 0.5) is 11.4 Å². The summed E-state index contributed by atoms with van der Waals surface area (Å²) in [6.07, 6.45) is 0. The molecule has 2 aromatic rings. The van der Waals surface area contributed by atoms with Gasteiger partial charge >= 0.3 is 0 Å². The summed E-state index contributed by atoms with van der Waals surface area (Å²) in [4.78, 5) is 37.4. The van der Waals surface area contributed by atoms with Gasteiger partial charge in [0.15, 0.2) is 0 Å². The van der Waals surface area contributed by atoms with Gasteiger partial charge in [-0.15, -0.1) is 0 Å². The Morgan fingerprint density at radius 2 is 1.67 bits per heavy atom. The number of nitrogens with zero attached hydrogens (tertiary/aromatic N) is 1. The fourth-order valence-electron chi connectivity index (χ4n) is 2.39. The summed E-state index contributed by atoms with van der Waals surface area (Å²) in [6.45, 7) is 1.36. The van der Waals surface area contributed by atoms with E-state index in [0.717, 1.165) is 4.90 Å². The number of hydrogen-bond donors (Lipinski definition) is 1. The fraction of sp³-hybridized carbons (Fsp3) is 0.0625. The number of imide groups is 1. The molecule has 1 N–H and O–H groups in total. The smallest absolute Gasteiger partial charge is 0.268 e. The van der Waals surface area contributed by atoms with E-state index in [4.69, 9.17) is 0 Å². The van der Waals surface area contributed by atoms with Crippen LogP contribution in [0.15, 0.2) is 48.5 Å². The third-order valence-corrected chi connectivity index (χ3v) is 3.24. The number of anilines is 2. The highest BCUT2D eigenvalue weighted by atomic mass is 16.2. The second-order valence-corrected chi connectivity index (χ2v) is 4.69. The van der Waals surface area contributed by atoms with Crippen LogP contribution >= 0.6 is 0 Å². The van der Waals surface area contributed by atoms with Gasteiger partial charge in [0, 0.05) is 6.92 Å². The molecule has 3 amide bonds. The van der Waals surface area contributed by atoms with Crippen LogP contribution in [-0.2, 0) is 4.79 Å². The zero-order valence-corrected chi connectivity index (χ0v) is 11.3. The normalized spacial score (nSPS) is 13.3. The summed E-state index contributed by atoms with van der Waals surface area (Å²) in [5.74, 6) is -1.10. The summed E-state index contributed by atoms with van der Waals surface area (Å²) in [6, 6.07) is 13.6. The molecular weight excluding hydrogens is 268 g/mol. The van der Waals surface area contributed by atoms with Gasteiger partial charge < -0.3 is 5.32 Å². The van der Waals surface area contributed by atoms with E-state index in [1.807, 2.05) is 6.07 Å². The van der Waals surface area contributed by atoms with E-state index in [0.29, 0.717) is 16.9 Å². The van der Waals surface area contributed by atoms with Crippen molar-refractivity contribution in [3.63, 3.8) is 0 Å². The molecule has 0 unspecified atom stereocenters. The van der Waals surface area contributed by atoms with Crippen molar-refractivity contribution in [1.29, 1.82) is 0 Å². The number of carbonyl (C=O) groups is 3. The van der Waals surface area contributed by atoms with Crippen molar-refractivity contribution in [3.8, 4) is 0 Å². The lowest BCUT2D eigenvalue weighted by atomic mass is 10.1. The minimum absolute atomic E-state index is 0.238. The lowest BCUT2D eigenvalue weighted by molar-refractivity contribution is -0.114. The Morgan fingerprint density at radius 3 is 2.33 bits per heavy atom. The van der Waals surface area contributed by atoms with Gasteiger partial charge in [0.05, 0.1) is 22.5 Å². The monoisotopic (exact) mass is 280 g/mol. The van der Waals surface area contributed by atoms with Crippen LogP contribution in [0.3, 0.4) is 0 Å². The lowest BCUT2D eigenvalue weighted by Crippen LogP contribution is -2.29. The largest absolute Gasteiger partial charge is 0.326 e. The van der Waals surface area contributed by atoms with E-state index in [-0.39, 0.29) is 17.4 Å². The first kappa shape index (κ1) is 13.1. The summed E-state index contributed by atoms with van der Waals surface area (Å²) in [7, 11) is 0. The number of benzene rings is 2. The summed E-state index contributed by atoms with van der Waals surface area (Å²) < 4.78 is 0. The standard InChI is InChI=1S/C16H12N2O3/c1-10(19)17-13-9-5-8-12-14(13)16(21)18(15(12)20)11-6-3-2-4-7-11/h2-9H,1H3,(H,17,19). The highest BCUT2D eigenvalue weighted by Crippen LogP contribution is 2.32. The van der Waals surface area contributed by atoms with Crippen LogP contribution in [0.1, 0.15) is 27.6 Å². The maximum absolute atomic E-state index is 12.6. The number of rotatable bonds is 2. The SMILES string of the molecule is CC(=O)Nc1cccc2c1C(=O)N(c1ccccc1)C2=O. The van der Waals surface area contributed by atoms with Gasteiger partial charge in [-0.05, 0) is 24.3 Å². The van der Waals surface area contributed by atoms with Crippen molar-refractivity contribution in [2.24, 2.45) is 0 Å². The van der Waals surface area contributed by atoms with E-state index in [2.05, 4.69) is 5.32 Å². The molecule has 3 rings (SSSR count). The third-order valence-electron chi connectivity index (χ3n) is 3.24. The molecule has 0 aliphatic carbocycles. The topological polar surface area (TPSA) is 66.5 Å². The van der Waals surface area contributed by atoms with E-state index in [1.165, 1.54) is 6.92 Å². The van der Waals surface area contributed by atoms with Gasteiger partial charge in [0.1, 0.15) is 0 Å². The van der Waals surface area contributed by atoms with Crippen molar-refractivity contribution in [3.05, 3.63) is 59.7 Å². The van der Waals surface area contributed by atoms with Gasteiger partial charge in [-0.2, -0.15) is 0 Å². The second-order valence-electron chi connectivity index (χ2n) is 4.69. The van der Waals surface area contributed by atoms with Crippen LogP contribution in [0.2, 0.25) is 0 Å². The molecule has 0 aromatic heterocycles. The molecular formula is C16H12N2O3. The van der Waals surface area contributed by atoms with Crippen LogP contribution < -0.4 is 10.2 Å². The van der Waals surface area contributed by atoms with Gasteiger partial charge in [0.2, 0.25) is 5.91 Å². The Labute approximate surface area is 121 Å². The quantitative estimate of drug-likeness (QED) is 0.859. The zero-order chi connectivity index (χ0) is 15.0. The molecule has 1 aliphatic rings. The first-order chi connectivity index (χ1) is 10.1. The Bertz CT molecular complexity index is 753. The highest BCUT2D eigenvalue weighted by molar-refractivity contribution is 6.36. The first-order valence-electron chi connectivity index (χ1n) is 6.44. The zero-order valence-electron chi connectivity index (χ0n) is 11.3. The van der Waals surface area contributed by atoms with E-state index in [9.17, 15) is 14.4 Å². The molecule has 0 radical (unpaired) electrons. The molecule has 1 aliphatic heterocycles. The van der Waals surface area contributed by atoms with Crippen molar-refractivity contribution >= 4 is 29.1 Å². The molecule has 0 bridgehead atoms. The Balaban J connectivity index is 2.11. The van der Waals surface area contributed by atoms with Gasteiger partial charge in [-0.3, -0.25) is 14.4 Å². The maximum atomic E-state index is 12.6. The average Bonchev–Trinajstić information content (AvgIpc) is 2.72. The molecule has 5 nitrogen and oxygen atoms in total. The molecule has 1 heterocycles. The number of para-hydroxylation sites is 1. The molecule has 21 heavy (non-hydrogen) atoms. The first-order valence-corrected chi connectivity index (χ1v) is 6.44. The maximum Gasteiger partial charge on any atom is 0.268 e. The molecule has 0 saturated heterocycles. The number of hydrogen-bond acceptors (Lipinski definition) is 3. The van der Waals surface area contributed by atoms with Crippen molar-refractivity contribution in [2.45, 2.75) is 6.92 Å². The van der Waals surface area contributed by atoms with Gasteiger partial charge in [0.25, 0.3) is 11.8 Å². The Morgan fingerprint density at radius 1 is 0.952 bits per heavy atom. The predicted molar refractivity (Wildman–Crippen MR) is 78.3 cm³/mol. The summed E-state index contributed by atoms with van der Waals surface area (Å²) in [5, 5.41) is 2.59. The molecule has 0 saturated carbocycles. The van der Waals surface area contributed by atoms with E-state index >= 15 is 0 Å². The molecule has 104 valence electrons. The van der Waals surface area contributed by atoms with Gasteiger partial charge in [-0.25, -0.2) is 4.90 Å². The molecule has 0 spiro atoms. The molecule has 0 fully saturated rings. The van der Waals surface area contributed by atoms with Crippen LogP contribution in [0.25, 0.3) is 0 Å². The second kappa shape index (κ2) is 4.86. The number of amides is 3. The van der Waals surface area contributed by atoms with E-state index in [1.54, 1.807) is 42.5 Å². The summed E-state index contributed by atoms with van der Waals surface area (Å²) >= 11 is 0. The van der Waals surface area contributed by atoms with Crippen molar-refractivity contribution in [2.75, 3.05) is 10.2 Å². The lowest BCUT2D eigenvalue weighted by Gasteiger charge is -2.13. The van der Waals surface area contributed by atoms with Gasteiger partial charge in [-0.1, -0.05) is 24.3 Å². The fourth-order valence-corrected chi connectivity index (χ4v) is 2.39. The van der Waals surface area contributed by atoms with Crippen molar-refractivity contribution in [1.82, 2.24) is 0 Å². The predicted octanol–water partition coefficient (Wildman–Crippen LogP) is 2.45. The number of nitrogens with one attached hydrogen (secondary N) is 1.